The zero-order valence-electron chi connectivity index (χ0n) is 14.5. The highest BCUT2D eigenvalue weighted by molar-refractivity contribution is 5.80. The van der Waals surface area contributed by atoms with Gasteiger partial charge in [-0.05, 0) is 43.7 Å². The van der Waals surface area contributed by atoms with E-state index in [4.69, 9.17) is 0 Å². The third-order valence-electron chi connectivity index (χ3n) is 4.09. The normalized spacial score (nSPS) is 12.7. The van der Waals surface area contributed by atoms with Crippen molar-refractivity contribution < 1.29 is 27.1 Å². The predicted octanol–water partition coefficient (Wildman–Crippen LogP) is 5.18. The molecule has 3 aromatic rings. The van der Waals surface area contributed by atoms with Gasteiger partial charge in [-0.3, -0.25) is 4.68 Å². The lowest BCUT2D eigenvalue weighted by molar-refractivity contribution is -0.137. The Kier molecular flexibility index (Phi) is 4.57. The maximum absolute atomic E-state index is 13.0. The molecule has 2 heterocycles. The summed E-state index contributed by atoms with van der Waals surface area (Å²) in [5.74, 6) is -3.36. The number of hydrogen-bond donors (Lipinski definition) is 1. The van der Waals surface area contributed by atoms with Crippen molar-refractivity contribution >= 4 is 11.0 Å². The zero-order chi connectivity index (χ0) is 20.0. The molecule has 1 aromatic carbocycles. The molecule has 0 amide bonds. The van der Waals surface area contributed by atoms with Crippen molar-refractivity contribution in [1.82, 2.24) is 14.8 Å². The van der Waals surface area contributed by atoms with E-state index < -0.39 is 23.4 Å². The van der Waals surface area contributed by atoms with E-state index in [1.165, 1.54) is 17.7 Å². The van der Waals surface area contributed by atoms with Crippen molar-refractivity contribution in [3.05, 3.63) is 41.6 Å². The maximum Gasteiger partial charge on any atom is 0.416 e. The molecule has 9 heteroatoms. The average Bonchev–Trinajstić information content (AvgIpc) is 2.93. The first kappa shape index (κ1) is 19.1. The molecule has 4 nitrogen and oxygen atoms in total. The van der Waals surface area contributed by atoms with Crippen LogP contribution in [0.4, 0.5) is 22.0 Å². The number of aryl methyl sites for hydroxylation is 2. The van der Waals surface area contributed by atoms with Crippen molar-refractivity contribution in [3.8, 4) is 17.0 Å². The highest BCUT2D eigenvalue weighted by Gasteiger charge is 2.32. The van der Waals surface area contributed by atoms with Gasteiger partial charge in [0.2, 0.25) is 5.92 Å². The molecule has 0 radical (unpaired) electrons. The molecule has 0 atom stereocenters. The summed E-state index contributed by atoms with van der Waals surface area (Å²) in [4.78, 5) is 4.26. The molecule has 0 fully saturated rings. The number of hydrogen-bond acceptors (Lipinski definition) is 3. The van der Waals surface area contributed by atoms with Crippen LogP contribution < -0.4 is 0 Å². The molecule has 0 bridgehead atoms. The molecule has 0 saturated heterocycles. The second-order valence-corrected chi connectivity index (χ2v) is 6.51. The Morgan fingerprint density at radius 2 is 1.81 bits per heavy atom. The molecule has 0 aliphatic heterocycles. The van der Waals surface area contributed by atoms with Gasteiger partial charge in [-0.15, -0.1) is 0 Å². The van der Waals surface area contributed by atoms with Gasteiger partial charge in [0.1, 0.15) is 5.75 Å². The van der Waals surface area contributed by atoms with Crippen LogP contribution in [0.15, 0.2) is 30.5 Å². The van der Waals surface area contributed by atoms with E-state index in [0.717, 1.165) is 13.0 Å². The van der Waals surface area contributed by atoms with E-state index in [9.17, 15) is 27.1 Å². The minimum Gasteiger partial charge on any atom is -0.507 e. The van der Waals surface area contributed by atoms with Crippen LogP contribution in [0.3, 0.4) is 0 Å². The molecule has 27 heavy (non-hydrogen) atoms. The summed E-state index contributed by atoms with van der Waals surface area (Å²) >= 11 is 0. The van der Waals surface area contributed by atoms with E-state index in [-0.39, 0.29) is 35.4 Å². The number of benzene rings is 1. The van der Waals surface area contributed by atoms with Gasteiger partial charge in [0.25, 0.3) is 0 Å². The lowest BCUT2D eigenvalue weighted by atomic mass is 10.00. The third kappa shape index (κ3) is 4.17. The lowest BCUT2D eigenvalue weighted by Gasteiger charge is -2.13. The van der Waals surface area contributed by atoms with Crippen LogP contribution >= 0.6 is 0 Å². The van der Waals surface area contributed by atoms with Gasteiger partial charge in [-0.25, -0.2) is 13.8 Å². The van der Waals surface area contributed by atoms with Crippen molar-refractivity contribution in [2.45, 2.75) is 38.9 Å². The molecule has 0 spiro atoms. The van der Waals surface area contributed by atoms with E-state index >= 15 is 0 Å². The summed E-state index contributed by atoms with van der Waals surface area (Å²) < 4.78 is 65.9. The van der Waals surface area contributed by atoms with E-state index in [2.05, 4.69) is 10.1 Å². The van der Waals surface area contributed by atoms with Crippen molar-refractivity contribution in [1.29, 1.82) is 0 Å². The fourth-order valence-electron chi connectivity index (χ4n) is 2.78. The molecule has 0 unspecified atom stereocenters. The molecule has 0 aliphatic carbocycles. The molecule has 3 rings (SSSR count). The number of pyridine rings is 1. The van der Waals surface area contributed by atoms with Crippen LogP contribution in [-0.2, 0) is 12.7 Å². The van der Waals surface area contributed by atoms with Crippen LogP contribution in [0, 0.1) is 6.92 Å². The molecular weight excluding hydrogens is 369 g/mol. The van der Waals surface area contributed by atoms with Gasteiger partial charge < -0.3 is 5.11 Å². The largest absolute Gasteiger partial charge is 0.507 e. The Morgan fingerprint density at radius 3 is 2.41 bits per heavy atom. The van der Waals surface area contributed by atoms with E-state index in [1.807, 2.05) is 0 Å². The molecular formula is C18H16F5N3O. The van der Waals surface area contributed by atoms with Crippen LogP contribution in [0.25, 0.3) is 22.3 Å². The van der Waals surface area contributed by atoms with Crippen molar-refractivity contribution in [2.24, 2.45) is 0 Å². The van der Waals surface area contributed by atoms with Gasteiger partial charge in [0, 0.05) is 30.1 Å². The minimum absolute atomic E-state index is 0.000247. The Hall–Kier alpha value is -2.71. The molecule has 0 saturated carbocycles. The summed E-state index contributed by atoms with van der Waals surface area (Å²) in [6.45, 7) is 2.26. The monoisotopic (exact) mass is 385 g/mol. The van der Waals surface area contributed by atoms with Gasteiger partial charge in [0.15, 0.2) is 5.65 Å². The zero-order valence-corrected chi connectivity index (χ0v) is 14.5. The van der Waals surface area contributed by atoms with Crippen molar-refractivity contribution in [2.75, 3.05) is 0 Å². The topological polar surface area (TPSA) is 50.9 Å². The number of phenolic OH excluding ortho intramolecular Hbond substituents is 1. The van der Waals surface area contributed by atoms with Gasteiger partial charge >= 0.3 is 6.18 Å². The number of phenols is 1. The maximum atomic E-state index is 13.0. The van der Waals surface area contributed by atoms with Crippen LogP contribution in [-0.4, -0.2) is 25.8 Å². The van der Waals surface area contributed by atoms with Crippen LogP contribution in [0.1, 0.15) is 24.5 Å². The fraction of sp³-hybridized carbons (Fsp3) is 0.333. The number of halogens is 5. The smallest absolute Gasteiger partial charge is 0.416 e. The molecule has 2 aromatic heterocycles. The quantitative estimate of drug-likeness (QED) is 0.630. The van der Waals surface area contributed by atoms with Crippen molar-refractivity contribution in [3.63, 3.8) is 0 Å². The molecule has 1 N–H and O–H groups in total. The highest BCUT2D eigenvalue weighted by Crippen LogP contribution is 2.38. The van der Waals surface area contributed by atoms with E-state index in [1.54, 1.807) is 12.3 Å². The van der Waals surface area contributed by atoms with Gasteiger partial charge in [-0.2, -0.15) is 18.3 Å². The Bertz CT molecular complexity index is 966. The Labute approximate surface area is 151 Å². The SMILES string of the molecule is Cc1cc(C(F)(F)F)cc(O)c1-c1ccc2cn(CCC(C)(F)F)nc2n1. The second kappa shape index (κ2) is 6.47. The lowest BCUT2D eigenvalue weighted by Crippen LogP contribution is -2.14. The number of rotatable bonds is 4. The number of aromatic hydroxyl groups is 1. The van der Waals surface area contributed by atoms with Crippen LogP contribution in [0.2, 0.25) is 0 Å². The van der Waals surface area contributed by atoms with Crippen LogP contribution in [0.5, 0.6) is 5.75 Å². The second-order valence-electron chi connectivity index (χ2n) is 6.51. The summed E-state index contributed by atoms with van der Waals surface area (Å²) in [6, 6.07) is 4.75. The first-order chi connectivity index (χ1) is 12.4. The summed E-state index contributed by atoms with van der Waals surface area (Å²) in [5, 5.41) is 14.8. The third-order valence-corrected chi connectivity index (χ3v) is 4.09. The minimum atomic E-state index is -4.57. The summed E-state index contributed by atoms with van der Waals surface area (Å²) in [5.41, 5.74) is -0.0752. The van der Waals surface area contributed by atoms with Gasteiger partial charge in [0.05, 0.1) is 11.3 Å². The summed E-state index contributed by atoms with van der Waals surface area (Å²) in [6.07, 6.45) is -3.39. The highest BCUT2D eigenvalue weighted by atomic mass is 19.4. The first-order valence-corrected chi connectivity index (χ1v) is 8.07. The molecule has 0 aliphatic rings. The first-order valence-electron chi connectivity index (χ1n) is 8.07. The number of alkyl halides is 5. The predicted molar refractivity (Wildman–Crippen MR) is 89.6 cm³/mol. The Morgan fingerprint density at radius 1 is 1.11 bits per heavy atom. The summed E-state index contributed by atoms with van der Waals surface area (Å²) in [7, 11) is 0. The number of nitrogens with zero attached hydrogens (tertiary/aromatic N) is 3. The average molecular weight is 385 g/mol. The Balaban J connectivity index is 1.98. The molecule has 144 valence electrons. The number of aromatic nitrogens is 3. The number of fused-ring (bicyclic) bond motifs is 1. The standard InChI is InChI=1S/C18H16F5N3O/c1-10-7-12(18(21,22)23)8-14(27)15(10)13-4-3-11-9-26(25-16(11)24-13)6-5-17(2,19)20/h3-4,7-9,27H,5-6H2,1-2H3. The fourth-order valence-corrected chi connectivity index (χ4v) is 2.78. The van der Waals surface area contributed by atoms with Gasteiger partial charge in [-0.1, -0.05) is 0 Å². The van der Waals surface area contributed by atoms with E-state index in [0.29, 0.717) is 11.5 Å².